The number of rotatable bonds is 15. The summed E-state index contributed by atoms with van der Waals surface area (Å²) in [6.07, 6.45) is 3.32. The Hall–Kier alpha value is -6.50. The molecule has 0 radical (unpaired) electrons. The molecule has 13 nitrogen and oxygen atoms in total. The van der Waals surface area contributed by atoms with E-state index in [0.29, 0.717) is 29.5 Å². The summed E-state index contributed by atoms with van der Waals surface area (Å²) in [5.74, 6) is -4.81. The molecule has 0 spiro atoms. The van der Waals surface area contributed by atoms with Crippen LogP contribution in [0.4, 0.5) is 4.79 Å². The predicted molar refractivity (Wildman–Crippen MR) is 248 cm³/mol. The molecule has 4 aromatic rings. The van der Waals surface area contributed by atoms with E-state index in [9.17, 15) is 39.0 Å². The van der Waals surface area contributed by atoms with Crippen molar-refractivity contribution in [2.45, 2.75) is 110 Å². The number of aryl methyl sites for hydroxylation is 1. The van der Waals surface area contributed by atoms with Gasteiger partial charge in [-0.3, -0.25) is 19.2 Å². The van der Waals surface area contributed by atoms with Gasteiger partial charge in [-0.15, -0.1) is 0 Å². The number of benzene rings is 4. The quantitative estimate of drug-likeness (QED) is 0.0511. The fourth-order valence-electron chi connectivity index (χ4n) is 8.07. The molecule has 4 N–H and O–H groups in total. The summed E-state index contributed by atoms with van der Waals surface area (Å²) in [7, 11) is 2.67. The van der Waals surface area contributed by atoms with Gasteiger partial charge in [-0.1, -0.05) is 87.4 Å². The van der Waals surface area contributed by atoms with E-state index in [1.807, 2.05) is 12.1 Å². The number of likely N-dealkylation sites (N-methyl/N-ethyl adjacent to an activating group) is 1. The molecule has 0 saturated heterocycles. The number of nitrogens with zero attached hydrogens (tertiary/aromatic N) is 1. The number of carbonyl (C=O) groups excluding carboxylic acids is 6. The highest BCUT2D eigenvalue weighted by molar-refractivity contribution is 6.00. The zero-order valence-electron chi connectivity index (χ0n) is 38.6. The van der Waals surface area contributed by atoms with Crippen molar-refractivity contribution >= 4 is 35.4 Å². The molecular weight excluding hydrogens is 827 g/mol. The maximum absolute atomic E-state index is 14.9. The second-order valence-corrected chi connectivity index (χ2v) is 18.0. The number of fused-ring (bicyclic) bond motifs is 5. The smallest absolute Gasteiger partial charge is 0.407 e. The van der Waals surface area contributed by atoms with E-state index in [2.05, 4.69) is 41.8 Å². The van der Waals surface area contributed by atoms with E-state index in [1.165, 1.54) is 48.9 Å². The number of Topliss-reactive ketones (excluding diaryl/α,β-unsaturated/α-hetero) is 2. The first-order valence-electron chi connectivity index (χ1n) is 22.4. The molecule has 4 atom stereocenters. The number of methoxy groups -OCH3 is 1. The number of carbonyl (C=O) groups is 6. The third kappa shape index (κ3) is 13.5. The van der Waals surface area contributed by atoms with Crippen molar-refractivity contribution < 1.29 is 48.5 Å². The van der Waals surface area contributed by atoms with E-state index in [1.54, 1.807) is 52.0 Å². The Morgan fingerprint density at radius 1 is 0.846 bits per heavy atom. The molecule has 3 amide bonds. The molecule has 1 aliphatic heterocycles. The summed E-state index contributed by atoms with van der Waals surface area (Å²) in [4.78, 5) is 83.5. The number of hydrogen-bond acceptors (Lipinski definition) is 10. The Labute approximate surface area is 381 Å². The lowest BCUT2D eigenvalue weighted by Gasteiger charge is -2.32. The van der Waals surface area contributed by atoms with E-state index < -0.39 is 59.2 Å². The molecule has 1 heterocycles. The summed E-state index contributed by atoms with van der Waals surface area (Å²) in [5.41, 5.74) is 4.18. The molecule has 0 aliphatic carbocycles. The molecule has 4 bridgehead atoms. The van der Waals surface area contributed by atoms with E-state index in [0.717, 1.165) is 30.4 Å². The normalized spacial score (nSPS) is 16.9. The fourth-order valence-corrected chi connectivity index (χ4v) is 8.07. The number of hydrogen-bond donors (Lipinski definition) is 4. The molecule has 5 rings (SSSR count). The molecular formula is C52H63N3O10. The molecule has 0 fully saturated rings. The van der Waals surface area contributed by atoms with Gasteiger partial charge in [-0.25, -0.2) is 9.59 Å². The number of phenolic OH excluding ortho intramolecular Hbond substituents is 2. The summed E-state index contributed by atoms with van der Waals surface area (Å²) in [6.45, 7) is 9.27. The van der Waals surface area contributed by atoms with Gasteiger partial charge in [0.05, 0.1) is 7.11 Å². The predicted octanol–water partition coefficient (Wildman–Crippen LogP) is 8.67. The number of ketones is 2. The summed E-state index contributed by atoms with van der Waals surface area (Å²) in [5, 5.41) is 27.6. The topological polar surface area (TPSA) is 189 Å². The minimum Gasteiger partial charge on any atom is -0.507 e. The highest BCUT2D eigenvalue weighted by atomic mass is 16.6. The third-order valence-electron chi connectivity index (χ3n) is 11.7. The average molecular weight is 890 g/mol. The van der Waals surface area contributed by atoms with Gasteiger partial charge < -0.3 is 35.2 Å². The maximum atomic E-state index is 14.9. The first-order chi connectivity index (χ1) is 30.9. The molecule has 346 valence electrons. The van der Waals surface area contributed by atoms with Crippen LogP contribution in [0.25, 0.3) is 22.3 Å². The summed E-state index contributed by atoms with van der Waals surface area (Å²) in [6, 6.07) is 22.2. The Morgan fingerprint density at radius 3 is 2.11 bits per heavy atom. The van der Waals surface area contributed by atoms with Crippen molar-refractivity contribution in [1.29, 1.82) is 0 Å². The number of aromatic hydroxyl groups is 2. The van der Waals surface area contributed by atoms with Crippen molar-refractivity contribution in [2.24, 2.45) is 11.8 Å². The Morgan fingerprint density at radius 2 is 1.48 bits per heavy atom. The Balaban J connectivity index is 1.46. The molecule has 65 heavy (non-hydrogen) atoms. The van der Waals surface area contributed by atoms with Crippen molar-refractivity contribution in [3.05, 3.63) is 107 Å². The molecule has 0 unspecified atom stereocenters. The van der Waals surface area contributed by atoms with Crippen LogP contribution in [0.3, 0.4) is 0 Å². The average Bonchev–Trinajstić information content (AvgIpc) is 3.27. The standard InChI is InChI=1S/C52H63N3O10/c1-8-9-12-33-14-17-35(18-15-33)36-19-21-37(22-20-36)45(58)31-39(13-10-11-26-53-51(63)65-52(3,4)5)49(61)55(6)47-38-23-25-44(57)41(30-38)40-28-34(16-24-43(40)56)29-42(50(62)64-7)54-48(60)32(2)27-46(47)59/h14-25,28,30,32,39,42,47,56-57H,8-13,26-27,29,31H2,1-7H3,(H,53,63)(H,54,60)/t32-,39-,42+,47+/m1/s1. The van der Waals surface area contributed by atoms with Crippen molar-refractivity contribution in [1.82, 2.24) is 15.5 Å². The summed E-state index contributed by atoms with van der Waals surface area (Å²) >= 11 is 0. The third-order valence-corrected chi connectivity index (χ3v) is 11.7. The molecule has 1 aliphatic rings. The number of nitrogens with one attached hydrogen (secondary N) is 2. The van der Waals surface area contributed by atoms with Crippen molar-refractivity contribution in [2.75, 3.05) is 20.7 Å². The van der Waals surface area contributed by atoms with Crippen LogP contribution in [0.2, 0.25) is 0 Å². The van der Waals surface area contributed by atoms with Crippen LogP contribution in [0.15, 0.2) is 84.9 Å². The van der Waals surface area contributed by atoms with Crippen molar-refractivity contribution in [3.8, 4) is 33.8 Å². The van der Waals surface area contributed by atoms with Gasteiger partial charge in [-0.05, 0) is 98.5 Å². The largest absolute Gasteiger partial charge is 0.507 e. The van der Waals surface area contributed by atoms with Crippen LogP contribution < -0.4 is 10.6 Å². The number of esters is 1. The van der Waals surface area contributed by atoms with Crippen LogP contribution in [-0.4, -0.2) is 82.9 Å². The molecule has 0 aromatic heterocycles. The van der Waals surface area contributed by atoms with Gasteiger partial charge >= 0.3 is 12.1 Å². The van der Waals surface area contributed by atoms with Crippen LogP contribution in [0.1, 0.15) is 113 Å². The first-order valence-corrected chi connectivity index (χ1v) is 22.4. The van der Waals surface area contributed by atoms with Crippen LogP contribution >= 0.6 is 0 Å². The Kier molecular flexibility index (Phi) is 17.1. The fraction of sp³-hybridized carbons (Fsp3) is 0.423. The molecule has 4 aromatic carbocycles. The highest BCUT2D eigenvalue weighted by Gasteiger charge is 2.36. The van der Waals surface area contributed by atoms with E-state index in [4.69, 9.17) is 9.47 Å². The lowest BCUT2D eigenvalue weighted by Crippen LogP contribution is -2.46. The van der Waals surface area contributed by atoms with Crippen LogP contribution in [0.5, 0.6) is 11.5 Å². The minimum atomic E-state index is -1.29. The van der Waals surface area contributed by atoms with Gasteiger partial charge in [0.15, 0.2) is 11.6 Å². The van der Waals surface area contributed by atoms with Gasteiger partial charge in [-0.2, -0.15) is 0 Å². The lowest BCUT2D eigenvalue weighted by molar-refractivity contribution is -0.146. The van der Waals surface area contributed by atoms with Gasteiger partial charge in [0.25, 0.3) is 0 Å². The zero-order valence-corrected chi connectivity index (χ0v) is 38.6. The number of amides is 3. The molecule has 0 saturated carbocycles. The van der Waals surface area contributed by atoms with E-state index in [-0.39, 0.29) is 60.6 Å². The monoisotopic (exact) mass is 889 g/mol. The van der Waals surface area contributed by atoms with Crippen LogP contribution in [0, 0.1) is 11.8 Å². The second-order valence-electron chi connectivity index (χ2n) is 18.0. The number of alkyl carbamates (subject to hydrolysis) is 1. The summed E-state index contributed by atoms with van der Waals surface area (Å²) < 4.78 is 10.3. The number of phenols is 2. The van der Waals surface area contributed by atoms with Crippen molar-refractivity contribution in [3.63, 3.8) is 0 Å². The SMILES string of the molecule is CCCCc1ccc(-c2ccc(C(=O)C[C@@H](CCCCNC(=O)OC(C)(C)C)C(=O)N(C)[C@@H]3C(=O)C[C@@H](C)C(=O)N[C@H](C(=O)OC)Cc4ccc(O)c(c4)-c4cc3ccc4O)cc2)cc1. The first kappa shape index (κ1) is 49.5. The second kappa shape index (κ2) is 22.4. The van der Waals surface area contributed by atoms with Gasteiger partial charge in [0.1, 0.15) is 29.2 Å². The van der Waals surface area contributed by atoms with E-state index >= 15 is 0 Å². The number of unbranched alkanes of at least 4 members (excludes halogenated alkanes) is 2. The lowest BCUT2D eigenvalue weighted by atomic mass is 9.88. The number of ether oxygens (including phenoxy) is 2. The molecule has 13 heteroatoms. The Bertz CT molecular complexity index is 2330. The van der Waals surface area contributed by atoms with Gasteiger partial charge in [0.2, 0.25) is 11.8 Å². The van der Waals surface area contributed by atoms with Gasteiger partial charge in [0, 0.05) is 61.4 Å². The van der Waals surface area contributed by atoms with Crippen LogP contribution in [-0.2, 0) is 41.5 Å². The highest BCUT2D eigenvalue weighted by Crippen LogP contribution is 2.40. The maximum Gasteiger partial charge on any atom is 0.407 e. The zero-order chi connectivity index (χ0) is 47.4. The minimum absolute atomic E-state index is 0.000970.